The molecule has 0 aromatic heterocycles. The van der Waals surface area contributed by atoms with Gasteiger partial charge in [-0.1, -0.05) is 12.2 Å². The largest absolute Gasteiger partial charge is 0.316 e. The highest BCUT2D eigenvalue weighted by Gasteiger charge is 2.32. The van der Waals surface area contributed by atoms with E-state index in [1.165, 1.54) is 0 Å². The minimum atomic E-state index is 0.167. The number of nitrogens with zero attached hydrogens (tertiary/aromatic N) is 1. The van der Waals surface area contributed by atoms with Crippen LogP contribution < -0.4 is 0 Å². The maximum absolute atomic E-state index is 11.3. The van der Waals surface area contributed by atoms with Crippen molar-refractivity contribution in [1.29, 1.82) is 0 Å². The molecule has 0 saturated heterocycles. The molecular weight excluding hydrogens is 158 g/mol. The molecule has 1 heterocycles. The molecule has 1 saturated carbocycles. The third-order valence-electron chi connectivity index (χ3n) is 1.97. The number of carbonyl (C=O) groups excluding carboxylic acids is 1. The Morgan fingerprint density at radius 2 is 2.27 bits per heavy atom. The van der Waals surface area contributed by atoms with E-state index in [0.29, 0.717) is 12.5 Å². The highest BCUT2D eigenvalue weighted by Crippen LogP contribution is 2.28. The first kappa shape index (κ1) is 6.98. The van der Waals surface area contributed by atoms with Crippen molar-refractivity contribution in [3.8, 4) is 0 Å². The van der Waals surface area contributed by atoms with E-state index in [0.717, 1.165) is 17.7 Å². The van der Waals surface area contributed by atoms with Crippen molar-refractivity contribution in [2.45, 2.75) is 25.3 Å². The summed E-state index contributed by atoms with van der Waals surface area (Å²) < 4.78 is 0. The lowest BCUT2D eigenvalue weighted by Gasteiger charge is -2.20. The van der Waals surface area contributed by atoms with Gasteiger partial charge in [-0.3, -0.25) is 4.79 Å². The van der Waals surface area contributed by atoms with Crippen LogP contribution >= 0.6 is 12.2 Å². The molecule has 2 rings (SSSR count). The average molecular weight is 167 g/mol. The third kappa shape index (κ3) is 1.33. The second-order valence-corrected chi connectivity index (χ2v) is 3.52. The SMILES string of the molecule is O=C1CC(=S)C=CN1C1CC1. The van der Waals surface area contributed by atoms with Gasteiger partial charge in [0.25, 0.3) is 0 Å². The zero-order chi connectivity index (χ0) is 7.84. The Labute approximate surface area is 70.9 Å². The van der Waals surface area contributed by atoms with Gasteiger partial charge < -0.3 is 4.90 Å². The normalized spacial score (nSPS) is 24.5. The molecule has 0 atom stereocenters. The Morgan fingerprint density at radius 3 is 2.82 bits per heavy atom. The van der Waals surface area contributed by atoms with E-state index in [4.69, 9.17) is 12.2 Å². The Morgan fingerprint density at radius 1 is 1.55 bits per heavy atom. The summed E-state index contributed by atoms with van der Waals surface area (Å²) >= 11 is 4.91. The molecule has 3 heteroatoms. The molecule has 0 unspecified atom stereocenters. The zero-order valence-electron chi connectivity index (χ0n) is 6.12. The van der Waals surface area contributed by atoms with Gasteiger partial charge in [0.15, 0.2) is 0 Å². The van der Waals surface area contributed by atoms with E-state index in [2.05, 4.69) is 0 Å². The molecule has 0 bridgehead atoms. The standard InChI is InChI=1S/C8H9NOS/c10-8-5-7(11)3-4-9(8)6-1-2-6/h3-4,6H,1-2,5H2. The van der Waals surface area contributed by atoms with Crippen molar-refractivity contribution in [1.82, 2.24) is 4.90 Å². The third-order valence-corrected chi connectivity index (χ3v) is 2.26. The predicted octanol–water partition coefficient (Wildman–Crippen LogP) is 1.26. The molecule has 2 nitrogen and oxygen atoms in total. The van der Waals surface area contributed by atoms with Crippen molar-refractivity contribution in [3.05, 3.63) is 12.3 Å². The number of carbonyl (C=O) groups is 1. The summed E-state index contributed by atoms with van der Waals surface area (Å²) in [6, 6.07) is 0.488. The van der Waals surface area contributed by atoms with Crippen LogP contribution in [-0.4, -0.2) is 21.7 Å². The van der Waals surface area contributed by atoms with Gasteiger partial charge in [-0.2, -0.15) is 0 Å². The molecule has 1 aliphatic heterocycles. The lowest BCUT2D eigenvalue weighted by molar-refractivity contribution is -0.127. The van der Waals surface area contributed by atoms with Gasteiger partial charge >= 0.3 is 0 Å². The van der Waals surface area contributed by atoms with Crippen LogP contribution in [0.15, 0.2) is 12.3 Å². The van der Waals surface area contributed by atoms with E-state index < -0.39 is 0 Å². The van der Waals surface area contributed by atoms with Gasteiger partial charge in [0.2, 0.25) is 5.91 Å². The minimum absolute atomic E-state index is 0.167. The highest BCUT2D eigenvalue weighted by atomic mass is 32.1. The summed E-state index contributed by atoms with van der Waals surface area (Å²) in [4.78, 5) is 13.8. The maximum Gasteiger partial charge on any atom is 0.232 e. The van der Waals surface area contributed by atoms with Crippen molar-refractivity contribution in [2.75, 3.05) is 0 Å². The van der Waals surface area contributed by atoms with Gasteiger partial charge in [-0.05, 0) is 18.9 Å². The molecule has 2 aliphatic rings. The highest BCUT2D eigenvalue weighted by molar-refractivity contribution is 7.80. The van der Waals surface area contributed by atoms with Crippen LogP contribution in [0.2, 0.25) is 0 Å². The fraction of sp³-hybridized carbons (Fsp3) is 0.500. The monoisotopic (exact) mass is 167 g/mol. The number of thiocarbonyl (C=S) groups is 1. The van der Waals surface area contributed by atoms with Gasteiger partial charge in [0.05, 0.1) is 6.42 Å². The molecule has 1 aliphatic carbocycles. The molecule has 0 aromatic rings. The zero-order valence-corrected chi connectivity index (χ0v) is 6.93. The van der Waals surface area contributed by atoms with E-state index in [1.54, 1.807) is 0 Å². The maximum atomic E-state index is 11.3. The Hall–Kier alpha value is -0.700. The summed E-state index contributed by atoms with van der Waals surface area (Å²) in [6.07, 6.45) is 6.43. The van der Waals surface area contributed by atoms with E-state index in [9.17, 15) is 4.79 Å². The molecule has 1 amide bonds. The Balaban J connectivity index is 2.15. The first-order chi connectivity index (χ1) is 5.27. The number of amides is 1. The number of allylic oxidation sites excluding steroid dienone is 1. The smallest absolute Gasteiger partial charge is 0.232 e. The molecular formula is C8H9NOS. The van der Waals surface area contributed by atoms with Gasteiger partial charge in [-0.25, -0.2) is 0 Å². The van der Waals surface area contributed by atoms with E-state index in [-0.39, 0.29) is 5.91 Å². The van der Waals surface area contributed by atoms with Gasteiger partial charge in [0.1, 0.15) is 0 Å². The molecule has 11 heavy (non-hydrogen) atoms. The lowest BCUT2D eigenvalue weighted by Crippen LogP contribution is -2.32. The summed E-state index contributed by atoms with van der Waals surface area (Å²) in [5.74, 6) is 0.167. The molecule has 0 radical (unpaired) electrons. The number of hydrogen-bond acceptors (Lipinski definition) is 2. The Bertz CT molecular complexity index is 242. The van der Waals surface area contributed by atoms with Crippen LogP contribution in [0.4, 0.5) is 0 Å². The topological polar surface area (TPSA) is 20.3 Å². The average Bonchev–Trinajstić information content (AvgIpc) is 2.70. The van der Waals surface area contributed by atoms with Gasteiger partial charge in [0, 0.05) is 17.1 Å². The quantitative estimate of drug-likeness (QED) is 0.548. The summed E-state index contributed by atoms with van der Waals surface area (Å²) in [5, 5.41) is 0. The summed E-state index contributed by atoms with van der Waals surface area (Å²) in [5.41, 5.74) is 0. The van der Waals surface area contributed by atoms with Crippen LogP contribution in [0.25, 0.3) is 0 Å². The van der Waals surface area contributed by atoms with Crippen LogP contribution in [0.3, 0.4) is 0 Å². The first-order valence-electron chi connectivity index (χ1n) is 3.79. The molecule has 0 N–H and O–H groups in total. The molecule has 58 valence electrons. The van der Waals surface area contributed by atoms with Crippen molar-refractivity contribution in [2.24, 2.45) is 0 Å². The fourth-order valence-electron chi connectivity index (χ4n) is 1.22. The van der Waals surface area contributed by atoms with Crippen LogP contribution in [0.5, 0.6) is 0 Å². The van der Waals surface area contributed by atoms with Crippen molar-refractivity contribution >= 4 is 23.0 Å². The molecule has 1 fully saturated rings. The first-order valence-corrected chi connectivity index (χ1v) is 4.20. The van der Waals surface area contributed by atoms with Crippen molar-refractivity contribution < 1.29 is 4.79 Å². The predicted molar refractivity (Wildman–Crippen MR) is 46.2 cm³/mol. The second-order valence-electron chi connectivity index (χ2n) is 2.99. The van der Waals surface area contributed by atoms with Crippen LogP contribution in [0.1, 0.15) is 19.3 Å². The molecule has 0 spiro atoms. The fourth-order valence-corrected chi connectivity index (χ4v) is 1.41. The van der Waals surface area contributed by atoms with Crippen LogP contribution in [-0.2, 0) is 4.79 Å². The molecule has 0 aromatic carbocycles. The summed E-state index contributed by atoms with van der Waals surface area (Å²) in [7, 11) is 0. The van der Waals surface area contributed by atoms with E-state index >= 15 is 0 Å². The number of rotatable bonds is 1. The lowest BCUT2D eigenvalue weighted by atomic mass is 10.2. The summed E-state index contributed by atoms with van der Waals surface area (Å²) in [6.45, 7) is 0. The second kappa shape index (κ2) is 2.41. The Kier molecular flexibility index (Phi) is 1.53. The minimum Gasteiger partial charge on any atom is -0.316 e. The van der Waals surface area contributed by atoms with Crippen LogP contribution in [0, 0.1) is 0 Å². The van der Waals surface area contributed by atoms with E-state index in [1.807, 2.05) is 17.2 Å². The number of hydrogen-bond donors (Lipinski definition) is 0. The van der Waals surface area contributed by atoms with Gasteiger partial charge in [-0.15, -0.1) is 0 Å². The van der Waals surface area contributed by atoms with Crippen molar-refractivity contribution in [3.63, 3.8) is 0 Å².